The van der Waals surface area contributed by atoms with Gasteiger partial charge in [0.05, 0.1) is 30.2 Å². The standard InChI is InChI=1S/C18H22N2O6S2/c1-20(2)16(12-5-6-27-11-12)10-19-28(23,24)15-8-13(17(21)25-3)7-14(9-15)18(22)26-4/h5-9,11,16,19H,10H2,1-4H3. The molecule has 1 atom stereocenters. The minimum absolute atomic E-state index is 0.0623. The number of carbonyl (C=O) groups excluding carboxylic acids is 2. The molecule has 0 fully saturated rings. The number of likely N-dealkylation sites (N-methyl/N-ethyl adjacent to an activating group) is 1. The summed E-state index contributed by atoms with van der Waals surface area (Å²) in [6.45, 7) is 0.113. The molecule has 0 spiro atoms. The van der Waals surface area contributed by atoms with Crippen LogP contribution >= 0.6 is 11.3 Å². The van der Waals surface area contributed by atoms with Gasteiger partial charge in [0, 0.05) is 12.6 Å². The summed E-state index contributed by atoms with van der Waals surface area (Å²) in [5, 5.41) is 3.87. The lowest BCUT2D eigenvalue weighted by Crippen LogP contribution is -2.34. The Balaban J connectivity index is 2.35. The van der Waals surface area contributed by atoms with E-state index in [4.69, 9.17) is 0 Å². The Bertz CT molecular complexity index is 905. The fraction of sp³-hybridized carbons (Fsp3) is 0.333. The summed E-state index contributed by atoms with van der Waals surface area (Å²) in [6.07, 6.45) is 0. The second kappa shape index (κ2) is 9.28. The first-order chi connectivity index (χ1) is 13.2. The highest BCUT2D eigenvalue weighted by molar-refractivity contribution is 7.89. The molecule has 0 amide bonds. The molecule has 1 heterocycles. The lowest BCUT2D eigenvalue weighted by atomic mass is 10.1. The number of hydrogen-bond acceptors (Lipinski definition) is 8. The average Bonchev–Trinajstić information content (AvgIpc) is 3.20. The molecule has 2 rings (SSSR count). The highest BCUT2D eigenvalue weighted by Gasteiger charge is 2.23. The average molecular weight is 427 g/mol. The molecular weight excluding hydrogens is 404 g/mol. The Labute approximate surface area is 168 Å². The topological polar surface area (TPSA) is 102 Å². The van der Waals surface area contributed by atoms with Crippen molar-refractivity contribution in [1.82, 2.24) is 9.62 Å². The van der Waals surface area contributed by atoms with Crippen molar-refractivity contribution < 1.29 is 27.5 Å². The van der Waals surface area contributed by atoms with Crippen LogP contribution in [0.4, 0.5) is 0 Å². The molecule has 1 unspecified atom stereocenters. The second-order valence-corrected chi connectivity index (χ2v) is 8.66. The number of nitrogens with zero attached hydrogens (tertiary/aromatic N) is 1. The van der Waals surface area contributed by atoms with E-state index in [9.17, 15) is 18.0 Å². The SMILES string of the molecule is COC(=O)c1cc(C(=O)OC)cc(S(=O)(=O)NCC(c2ccsc2)N(C)C)c1. The van der Waals surface area contributed by atoms with Gasteiger partial charge >= 0.3 is 11.9 Å². The van der Waals surface area contributed by atoms with E-state index in [1.807, 2.05) is 35.8 Å². The van der Waals surface area contributed by atoms with E-state index >= 15 is 0 Å². The van der Waals surface area contributed by atoms with Gasteiger partial charge in [0.2, 0.25) is 10.0 Å². The van der Waals surface area contributed by atoms with Gasteiger partial charge in [0.15, 0.2) is 0 Å². The maximum Gasteiger partial charge on any atom is 0.337 e. The number of carbonyl (C=O) groups is 2. The third kappa shape index (κ3) is 5.16. The molecule has 8 nitrogen and oxygen atoms in total. The Hall–Kier alpha value is -2.27. The van der Waals surface area contributed by atoms with E-state index in [2.05, 4.69) is 14.2 Å². The van der Waals surface area contributed by atoms with Crippen LogP contribution in [-0.2, 0) is 19.5 Å². The number of sulfonamides is 1. The van der Waals surface area contributed by atoms with Gasteiger partial charge in [-0.1, -0.05) is 0 Å². The van der Waals surface area contributed by atoms with Crippen LogP contribution in [-0.4, -0.2) is 60.1 Å². The Morgan fingerprint density at radius 2 is 1.68 bits per heavy atom. The third-order valence-corrected chi connectivity index (χ3v) is 6.18. The van der Waals surface area contributed by atoms with Gasteiger partial charge in [-0.2, -0.15) is 11.3 Å². The van der Waals surface area contributed by atoms with Crippen LogP contribution in [0.25, 0.3) is 0 Å². The van der Waals surface area contributed by atoms with Crippen LogP contribution in [0.15, 0.2) is 39.9 Å². The van der Waals surface area contributed by atoms with Crippen molar-refractivity contribution in [3.8, 4) is 0 Å². The number of nitrogens with one attached hydrogen (secondary N) is 1. The van der Waals surface area contributed by atoms with Crippen LogP contribution in [0.2, 0.25) is 0 Å². The van der Waals surface area contributed by atoms with Crippen LogP contribution < -0.4 is 4.72 Å². The summed E-state index contributed by atoms with van der Waals surface area (Å²) in [6, 6.07) is 5.30. The van der Waals surface area contributed by atoms with E-state index in [0.29, 0.717) is 0 Å². The van der Waals surface area contributed by atoms with Gasteiger partial charge in [-0.05, 0) is 54.7 Å². The number of methoxy groups -OCH3 is 2. The molecule has 0 aliphatic rings. The summed E-state index contributed by atoms with van der Waals surface area (Å²) < 4.78 is 37.5. The summed E-state index contributed by atoms with van der Waals surface area (Å²) in [5.74, 6) is -1.52. The molecule has 0 bridgehead atoms. The predicted molar refractivity (Wildman–Crippen MR) is 105 cm³/mol. The van der Waals surface area contributed by atoms with E-state index in [1.54, 1.807) is 0 Å². The van der Waals surface area contributed by atoms with Gasteiger partial charge < -0.3 is 14.4 Å². The highest BCUT2D eigenvalue weighted by Crippen LogP contribution is 2.22. The van der Waals surface area contributed by atoms with Crippen LogP contribution in [0.3, 0.4) is 0 Å². The number of benzene rings is 1. The minimum Gasteiger partial charge on any atom is -0.465 e. The highest BCUT2D eigenvalue weighted by atomic mass is 32.2. The molecule has 152 valence electrons. The van der Waals surface area contributed by atoms with E-state index in [0.717, 1.165) is 17.7 Å². The summed E-state index contributed by atoms with van der Waals surface area (Å²) in [4.78, 5) is 25.4. The zero-order valence-electron chi connectivity index (χ0n) is 16.0. The van der Waals surface area contributed by atoms with E-state index in [1.165, 1.54) is 31.6 Å². The fourth-order valence-corrected chi connectivity index (χ4v) is 4.38. The zero-order chi connectivity index (χ0) is 20.9. The summed E-state index contributed by atoms with van der Waals surface area (Å²) in [7, 11) is 2.04. The molecular formula is C18H22N2O6S2. The normalized spacial score (nSPS) is 12.6. The van der Waals surface area contributed by atoms with Crippen LogP contribution in [0.5, 0.6) is 0 Å². The van der Waals surface area contributed by atoms with E-state index < -0.39 is 22.0 Å². The Morgan fingerprint density at radius 3 is 2.11 bits per heavy atom. The van der Waals surface area contributed by atoms with Gasteiger partial charge in [-0.15, -0.1) is 0 Å². The number of ether oxygens (including phenoxy) is 2. The maximum atomic E-state index is 12.8. The number of thiophene rings is 1. The van der Waals surface area contributed by atoms with Gasteiger partial charge in [-0.25, -0.2) is 22.7 Å². The molecule has 0 saturated carbocycles. The molecule has 0 aliphatic heterocycles. The second-order valence-electron chi connectivity index (χ2n) is 6.12. The molecule has 10 heteroatoms. The van der Waals surface area contributed by atoms with Crippen molar-refractivity contribution in [3.63, 3.8) is 0 Å². The van der Waals surface area contributed by atoms with Crippen LogP contribution in [0.1, 0.15) is 32.3 Å². The monoisotopic (exact) mass is 426 g/mol. The van der Waals surface area contributed by atoms with Crippen LogP contribution in [0, 0.1) is 0 Å². The van der Waals surface area contributed by atoms with Gasteiger partial charge in [0.1, 0.15) is 0 Å². The van der Waals surface area contributed by atoms with Gasteiger partial charge in [0.25, 0.3) is 0 Å². The molecule has 1 aromatic carbocycles. The van der Waals surface area contributed by atoms with Crippen molar-refractivity contribution in [2.75, 3.05) is 34.9 Å². The summed E-state index contributed by atoms with van der Waals surface area (Å²) >= 11 is 1.52. The number of esters is 2. The summed E-state index contributed by atoms with van der Waals surface area (Å²) in [5.41, 5.74) is 0.858. The molecule has 0 saturated heterocycles. The van der Waals surface area contributed by atoms with Crippen molar-refractivity contribution in [2.45, 2.75) is 10.9 Å². The maximum absolute atomic E-state index is 12.8. The number of hydrogen-bond donors (Lipinski definition) is 1. The molecule has 0 radical (unpaired) electrons. The predicted octanol–water partition coefficient (Wildman–Crippen LogP) is 1.90. The molecule has 2 aromatic rings. The molecule has 1 aromatic heterocycles. The van der Waals surface area contributed by atoms with E-state index in [-0.39, 0.29) is 28.6 Å². The fourth-order valence-electron chi connectivity index (χ4n) is 2.56. The first-order valence-corrected chi connectivity index (χ1v) is 10.6. The number of rotatable bonds is 8. The Kier molecular flexibility index (Phi) is 7.30. The molecule has 28 heavy (non-hydrogen) atoms. The minimum atomic E-state index is -4.00. The zero-order valence-corrected chi connectivity index (χ0v) is 17.6. The van der Waals surface area contributed by atoms with Crippen molar-refractivity contribution in [3.05, 3.63) is 51.7 Å². The van der Waals surface area contributed by atoms with Gasteiger partial charge in [-0.3, -0.25) is 0 Å². The first-order valence-electron chi connectivity index (χ1n) is 8.19. The third-order valence-electron chi connectivity index (χ3n) is 4.08. The lowest BCUT2D eigenvalue weighted by molar-refractivity contribution is 0.0598. The molecule has 0 aliphatic carbocycles. The quantitative estimate of drug-likeness (QED) is 0.643. The first kappa shape index (κ1) is 22.0. The van der Waals surface area contributed by atoms with Crippen molar-refractivity contribution >= 4 is 33.3 Å². The van der Waals surface area contributed by atoms with Crippen molar-refractivity contribution in [2.24, 2.45) is 0 Å². The van der Waals surface area contributed by atoms with Crippen molar-refractivity contribution in [1.29, 1.82) is 0 Å². The molecule has 1 N–H and O–H groups in total. The lowest BCUT2D eigenvalue weighted by Gasteiger charge is -2.24. The largest absolute Gasteiger partial charge is 0.465 e. The Morgan fingerprint density at radius 1 is 1.11 bits per heavy atom. The smallest absolute Gasteiger partial charge is 0.337 e.